The molecule has 1 amide bonds. The van der Waals surface area contributed by atoms with Crippen molar-refractivity contribution in [1.29, 1.82) is 0 Å². The highest BCUT2D eigenvalue weighted by Gasteiger charge is 2.63. The van der Waals surface area contributed by atoms with E-state index in [0.29, 0.717) is 36.9 Å². The molecule has 4 atom stereocenters. The molecule has 5 rings (SSSR count). The van der Waals surface area contributed by atoms with Crippen molar-refractivity contribution in [3.63, 3.8) is 0 Å². The lowest BCUT2D eigenvalue weighted by Crippen LogP contribution is -2.64. The Bertz CT molecular complexity index is 1280. The van der Waals surface area contributed by atoms with Gasteiger partial charge in [0.2, 0.25) is 5.78 Å². The third kappa shape index (κ3) is 2.83. The third-order valence-electron chi connectivity index (χ3n) is 8.30. The van der Waals surface area contributed by atoms with Gasteiger partial charge < -0.3 is 26.2 Å². The molecule has 186 valence electrons. The van der Waals surface area contributed by atoms with Crippen LogP contribution in [0.1, 0.15) is 46.8 Å². The molecular formula is C25H27FN2O7. The summed E-state index contributed by atoms with van der Waals surface area (Å²) in [7, 11) is 1.61. The van der Waals surface area contributed by atoms with Gasteiger partial charge in [0, 0.05) is 22.6 Å². The fourth-order valence-corrected chi connectivity index (χ4v) is 6.53. The number of amides is 1. The zero-order valence-electron chi connectivity index (χ0n) is 19.4. The third-order valence-corrected chi connectivity index (χ3v) is 8.30. The number of allylic oxidation sites excluding steroid dienone is 1. The summed E-state index contributed by atoms with van der Waals surface area (Å²) in [5.41, 5.74) is 2.06. The molecule has 9 nitrogen and oxygen atoms in total. The molecule has 0 heterocycles. The van der Waals surface area contributed by atoms with Gasteiger partial charge in [0.25, 0.3) is 5.91 Å². The number of phenols is 1. The van der Waals surface area contributed by atoms with Crippen molar-refractivity contribution in [2.45, 2.75) is 50.7 Å². The number of phenolic OH excluding ortho intramolecular Hbond substituents is 1. The van der Waals surface area contributed by atoms with Gasteiger partial charge >= 0.3 is 0 Å². The maximum Gasteiger partial charge on any atom is 0.255 e. The number of carbonyl (C=O) groups is 3. The first-order valence-corrected chi connectivity index (χ1v) is 11.7. The van der Waals surface area contributed by atoms with Gasteiger partial charge in [0.1, 0.15) is 28.7 Å². The van der Waals surface area contributed by atoms with Gasteiger partial charge in [-0.3, -0.25) is 19.3 Å². The van der Waals surface area contributed by atoms with Crippen molar-refractivity contribution in [2.24, 2.45) is 17.6 Å². The van der Waals surface area contributed by atoms with E-state index >= 15 is 4.39 Å². The number of nitrogens with two attached hydrogens (primary N) is 1. The van der Waals surface area contributed by atoms with Gasteiger partial charge in [0.15, 0.2) is 11.4 Å². The molecule has 10 heteroatoms. The number of rotatable bonds is 3. The van der Waals surface area contributed by atoms with E-state index in [2.05, 4.69) is 0 Å². The molecular weight excluding hydrogens is 459 g/mol. The first kappa shape index (κ1) is 23.5. The van der Waals surface area contributed by atoms with E-state index < -0.39 is 63.9 Å². The Balaban J connectivity index is 1.74. The quantitative estimate of drug-likeness (QED) is 0.398. The number of nitrogens with zero attached hydrogens (tertiary/aromatic N) is 1. The Labute approximate surface area is 200 Å². The van der Waals surface area contributed by atoms with Crippen molar-refractivity contribution in [3.05, 3.63) is 50.7 Å². The fourth-order valence-electron chi connectivity index (χ4n) is 6.53. The Hall–Kier alpha value is -3.24. The highest BCUT2D eigenvalue weighted by atomic mass is 19.1. The SMILES string of the molecule is CCN(C)[C@@H]1C(O)=C(C(N)=O)C(=O)[C@@]2(O)C(O)=C3C(=O)c4c(O)c5c(c(F)c4C[C@H]3C[C@@H]12)CCC5. The second kappa shape index (κ2) is 7.63. The number of ketones is 2. The van der Waals surface area contributed by atoms with Crippen LogP contribution < -0.4 is 5.73 Å². The molecule has 1 aromatic rings. The maximum atomic E-state index is 15.4. The van der Waals surface area contributed by atoms with Crippen LogP contribution in [0.25, 0.3) is 0 Å². The van der Waals surface area contributed by atoms with Crippen molar-refractivity contribution in [2.75, 3.05) is 13.6 Å². The maximum absolute atomic E-state index is 15.4. The molecule has 0 aromatic heterocycles. The molecule has 0 saturated heterocycles. The van der Waals surface area contributed by atoms with Crippen molar-refractivity contribution in [3.8, 4) is 5.75 Å². The van der Waals surface area contributed by atoms with E-state index in [9.17, 15) is 34.8 Å². The van der Waals surface area contributed by atoms with Crippen LogP contribution in [-0.2, 0) is 28.9 Å². The predicted octanol–water partition coefficient (Wildman–Crippen LogP) is 1.14. The molecule has 6 N–H and O–H groups in total. The molecule has 35 heavy (non-hydrogen) atoms. The number of likely N-dealkylation sites (N-methyl/N-ethyl adjacent to an activating group) is 1. The smallest absolute Gasteiger partial charge is 0.255 e. The molecule has 0 bridgehead atoms. The van der Waals surface area contributed by atoms with Crippen LogP contribution in [0.5, 0.6) is 5.75 Å². The van der Waals surface area contributed by atoms with Crippen LogP contribution in [0, 0.1) is 17.7 Å². The van der Waals surface area contributed by atoms with Gasteiger partial charge in [-0.05, 0) is 57.2 Å². The van der Waals surface area contributed by atoms with Gasteiger partial charge in [-0.2, -0.15) is 0 Å². The normalized spacial score (nSPS) is 29.8. The molecule has 1 aromatic carbocycles. The number of primary amides is 1. The summed E-state index contributed by atoms with van der Waals surface area (Å²) in [5.74, 6) is -7.78. The summed E-state index contributed by atoms with van der Waals surface area (Å²) >= 11 is 0. The van der Waals surface area contributed by atoms with E-state index in [4.69, 9.17) is 5.73 Å². The van der Waals surface area contributed by atoms with Crippen LogP contribution in [0.15, 0.2) is 22.7 Å². The molecule has 0 saturated carbocycles. The molecule has 4 aliphatic rings. The zero-order valence-corrected chi connectivity index (χ0v) is 19.4. The molecule has 0 radical (unpaired) electrons. The van der Waals surface area contributed by atoms with Crippen molar-refractivity contribution >= 4 is 17.5 Å². The average molecular weight is 486 g/mol. The lowest BCUT2D eigenvalue weighted by Gasteiger charge is -2.50. The Morgan fingerprint density at radius 3 is 2.46 bits per heavy atom. The number of hydrogen-bond acceptors (Lipinski definition) is 8. The zero-order chi connectivity index (χ0) is 25.6. The van der Waals surface area contributed by atoms with E-state index in [-0.39, 0.29) is 35.3 Å². The number of aromatic hydroxyl groups is 1. The van der Waals surface area contributed by atoms with Crippen LogP contribution in [0.4, 0.5) is 4.39 Å². The number of benzene rings is 1. The van der Waals surface area contributed by atoms with Gasteiger partial charge in [0.05, 0.1) is 11.6 Å². The van der Waals surface area contributed by atoms with Crippen LogP contribution >= 0.6 is 0 Å². The number of aliphatic hydroxyl groups excluding tert-OH is 2. The molecule has 0 unspecified atom stereocenters. The number of aliphatic hydroxyl groups is 3. The van der Waals surface area contributed by atoms with Crippen LogP contribution in [0.2, 0.25) is 0 Å². The molecule has 0 spiro atoms. The van der Waals surface area contributed by atoms with E-state index in [0.717, 1.165) is 0 Å². The number of Topliss-reactive ketones (excluding diaryl/α,β-unsaturated/α-hetero) is 2. The summed E-state index contributed by atoms with van der Waals surface area (Å²) in [6.45, 7) is 2.11. The van der Waals surface area contributed by atoms with E-state index in [1.54, 1.807) is 18.9 Å². The number of hydrogen-bond donors (Lipinski definition) is 5. The Kier molecular flexibility index (Phi) is 5.12. The molecule has 0 fully saturated rings. The van der Waals surface area contributed by atoms with Crippen molar-refractivity contribution < 1.29 is 39.2 Å². The second-order valence-electron chi connectivity index (χ2n) is 9.90. The molecule has 0 aliphatic heterocycles. The van der Waals surface area contributed by atoms with Crippen molar-refractivity contribution in [1.82, 2.24) is 4.90 Å². The average Bonchev–Trinajstić information content (AvgIpc) is 3.30. The summed E-state index contributed by atoms with van der Waals surface area (Å²) in [6.07, 6.45) is 1.40. The van der Waals surface area contributed by atoms with Gasteiger partial charge in [-0.25, -0.2) is 4.39 Å². The Morgan fingerprint density at radius 1 is 1.17 bits per heavy atom. The summed E-state index contributed by atoms with van der Waals surface area (Å²) in [5, 5.41) is 44.6. The standard InChI is InChI=1S/C25H27FN2O7/c1-3-28(2)18-13-8-9-7-12-15(19(29)11-6-4-5-10(11)17(12)26)20(30)14(9)22(32)25(13,35)23(33)16(21(18)31)24(27)34/h9,13,18,29,31-32,35H,3-8H2,1-2H3,(H2,27,34)/t9-,13-,18-,25-/m0/s1. The topological polar surface area (TPSA) is 161 Å². The lowest BCUT2D eigenvalue weighted by atomic mass is 9.58. The lowest BCUT2D eigenvalue weighted by molar-refractivity contribution is -0.148. The summed E-state index contributed by atoms with van der Waals surface area (Å²) in [4.78, 5) is 40.5. The Morgan fingerprint density at radius 2 is 1.83 bits per heavy atom. The fraction of sp³-hybridized carbons (Fsp3) is 0.480. The summed E-state index contributed by atoms with van der Waals surface area (Å²) in [6, 6.07) is -1.07. The van der Waals surface area contributed by atoms with Crippen LogP contribution in [-0.4, -0.2) is 68.0 Å². The first-order chi connectivity index (χ1) is 16.5. The van der Waals surface area contributed by atoms with E-state index in [1.807, 2.05) is 0 Å². The minimum atomic E-state index is -2.70. The second-order valence-corrected chi connectivity index (χ2v) is 9.90. The van der Waals surface area contributed by atoms with Gasteiger partial charge in [-0.15, -0.1) is 0 Å². The minimum Gasteiger partial charge on any atom is -0.510 e. The van der Waals surface area contributed by atoms with Crippen LogP contribution in [0.3, 0.4) is 0 Å². The summed E-state index contributed by atoms with van der Waals surface area (Å²) < 4.78 is 15.4. The van der Waals surface area contributed by atoms with E-state index in [1.165, 1.54) is 0 Å². The highest BCUT2D eigenvalue weighted by molar-refractivity contribution is 6.24. The molecule has 4 aliphatic carbocycles. The number of fused-ring (bicyclic) bond motifs is 4. The largest absolute Gasteiger partial charge is 0.510 e. The first-order valence-electron chi connectivity index (χ1n) is 11.7. The highest BCUT2D eigenvalue weighted by Crippen LogP contribution is 2.53. The van der Waals surface area contributed by atoms with Gasteiger partial charge in [-0.1, -0.05) is 6.92 Å². The monoisotopic (exact) mass is 486 g/mol. The predicted molar refractivity (Wildman–Crippen MR) is 120 cm³/mol. The number of halogens is 1. The minimum absolute atomic E-state index is 0.0381. The number of carbonyl (C=O) groups excluding carboxylic acids is 3.